The first-order valence-electron chi connectivity index (χ1n) is 12.4. The van der Waals surface area contributed by atoms with Gasteiger partial charge in [-0.2, -0.15) is 13.2 Å². The van der Waals surface area contributed by atoms with Crippen LogP contribution >= 0.6 is 0 Å². The number of aliphatic carboxylic acids is 1. The quantitative estimate of drug-likeness (QED) is 0.220. The lowest BCUT2D eigenvalue weighted by molar-refractivity contribution is -0.140. The monoisotopic (exact) mass is 546 g/mol. The van der Waals surface area contributed by atoms with E-state index < -0.39 is 54.5 Å². The van der Waals surface area contributed by atoms with Gasteiger partial charge in [0, 0.05) is 31.1 Å². The number of amides is 1. The summed E-state index contributed by atoms with van der Waals surface area (Å²) in [6, 6.07) is 1.54. The van der Waals surface area contributed by atoms with Crippen LogP contribution in [0.1, 0.15) is 57.1 Å². The van der Waals surface area contributed by atoms with E-state index in [0.717, 1.165) is 19.0 Å². The molecule has 2 heterocycles. The Morgan fingerprint density at radius 2 is 1.97 bits per heavy atom. The molecular weight excluding hydrogens is 515 g/mol. The van der Waals surface area contributed by atoms with E-state index in [2.05, 4.69) is 20.6 Å². The number of rotatable bonds is 8. The number of halogens is 5. The Bertz CT molecular complexity index is 1040. The van der Waals surface area contributed by atoms with Crippen LogP contribution in [0.25, 0.3) is 0 Å². The number of aromatic nitrogens is 1. The number of nitrogens with zero attached hydrogens (tertiary/aromatic N) is 3. The fourth-order valence-corrected chi connectivity index (χ4v) is 4.73. The number of carboxylic acids is 1. The molecule has 0 aromatic carbocycles. The minimum Gasteiger partial charge on any atom is -0.481 e. The maximum atomic E-state index is 13.7. The van der Waals surface area contributed by atoms with Crippen molar-refractivity contribution in [2.24, 2.45) is 10.9 Å². The zero-order chi connectivity index (χ0) is 27.9. The van der Waals surface area contributed by atoms with E-state index >= 15 is 0 Å². The first-order chi connectivity index (χ1) is 17.8. The number of likely N-dealkylation sites (tertiary alicyclic amines) is 1. The molecule has 1 atom stereocenters. The Morgan fingerprint density at radius 1 is 1.26 bits per heavy atom. The van der Waals surface area contributed by atoms with Crippen molar-refractivity contribution in [3.63, 3.8) is 0 Å². The molecule has 210 valence electrons. The van der Waals surface area contributed by atoms with Gasteiger partial charge in [0.1, 0.15) is 5.84 Å². The van der Waals surface area contributed by atoms with Crippen LogP contribution in [0.5, 0.6) is 0 Å². The van der Waals surface area contributed by atoms with E-state index in [1.165, 1.54) is 17.0 Å². The third kappa shape index (κ3) is 8.71. The second-order valence-electron chi connectivity index (χ2n) is 9.64. The first kappa shape index (κ1) is 29.4. The molecular formula is C24H31F5N6O3. The van der Waals surface area contributed by atoms with Crippen molar-refractivity contribution >= 4 is 29.2 Å². The summed E-state index contributed by atoms with van der Waals surface area (Å²) >= 11 is 0. The molecule has 0 radical (unpaired) electrons. The number of hydrogen-bond donors (Lipinski definition) is 4. The van der Waals surface area contributed by atoms with Gasteiger partial charge < -0.3 is 15.7 Å². The maximum Gasteiger partial charge on any atom is 0.435 e. The van der Waals surface area contributed by atoms with Crippen LogP contribution in [-0.2, 0) is 15.8 Å². The minimum atomic E-state index is -4.74. The number of nitrogens with one attached hydrogen (secondary N) is 3. The smallest absolute Gasteiger partial charge is 0.435 e. The molecule has 1 aromatic rings. The molecule has 1 aliphatic carbocycles. The third-order valence-corrected chi connectivity index (χ3v) is 6.55. The molecule has 4 N–H and O–H groups in total. The van der Waals surface area contributed by atoms with Gasteiger partial charge in [-0.25, -0.2) is 18.8 Å². The zero-order valence-corrected chi connectivity index (χ0v) is 20.7. The molecule has 2 aliphatic rings. The predicted molar refractivity (Wildman–Crippen MR) is 129 cm³/mol. The number of anilines is 1. The van der Waals surface area contributed by atoms with Crippen molar-refractivity contribution in [2.75, 3.05) is 25.0 Å². The molecule has 3 rings (SSSR count). The van der Waals surface area contributed by atoms with Gasteiger partial charge >= 0.3 is 12.1 Å². The van der Waals surface area contributed by atoms with E-state index in [1.807, 2.05) is 0 Å². The molecule has 1 aliphatic heterocycles. The van der Waals surface area contributed by atoms with E-state index in [-0.39, 0.29) is 36.8 Å². The number of hydrogen-bond acceptors (Lipinski definition) is 5. The van der Waals surface area contributed by atoms with Crippen LogP contribution in [0, 0.1) is 11.3 Å². The molecule has 1 saturated heterocycles. The number of piperidine rings is 1. The normalized spacial score (nSPS) is 19.7. The topological polar surface area (TPSA) is 131 Å². The van der Waals surface area contributed by atoms with Crippen molar-refractivity contribution in [1.29, 1.82) is 5.41 Å². The standard InChI is InChI=1S/C24H31F5N6O3/c25-23(26)9-4-11-35(14-23)12-8-16(13-18(36)37)32-22(38)20(30)34-21(15-5-1-2-6-15)33-17-7-3-10-31-19(17)24(27,28)29/h3,7,10,15-16H,1-2,4-6,8-9,11-14H2,(H,32,38)(H,36,37)(H2,30,33,34)/t16-/m0/s1. The Morgan fingerprint density at radius 3 is 2.61 bits per heavy atom. The summed E-state index contributed by atoms with van der Waals surface area (Å²) in [4.78, 5) is 32.9. The van der Waals surface area contributed by atoms with Crippen molar-refractivity contribution < 1.29 is 36.6 Å². The molecule has 2 fully saturated rings. The van der Waals surface area contributed by atoms with Crippen LogP contribution in [0.4, 0.5) is 27.6 Å². The van der Waals surface area contributed by atoms with Crippen molar-refractivity contribution in [2.45, 2.75) is 69.5 Å². The van der Waals surface area contributed by atoms with Crippen LogP contribution in [-0.4, -0.2) is 70.1 Å². The van der Waals surface area contributed by atoms with E-state index in [9.17, 15) is 36.6 Å². The van der Waals surface area contributed by atoms with Crippen LogP contribution < -0.4 is 10.6 Å². The Hall–Kier alpha value is -3.16. The fourth-order valence-electron chi connectivity index (χ4n) is 4.73. The second-order valence-corrected chi connectivity index (χ2v) is 9.64. The molecule has 38 heavy (non-hydrogen) atoms. The largest absolute Gasteiger partial charge is 0.481 e. The molecule has 1 saturated carbocycles. The lowest BCUT2D eigenvalue weighted by Gasteiger charge is -2.33. The maximum absolute atomic E-state index is 13.7. The van der Waals surface area contributed by atoms with Gasteiger partial charge in [-0.05, 0) is 44.4 Å². The summed E-state index contributed by atoms with van der Waals surface area (Å²) < 4.78 is 67.6. The SMILES string of the molecule is N=C(/N=C(\Nc1cccnc1C(F)(F)F)C1CCCC1)C(=O)N[C@@H](CCN1CCCC(F)(F)C1)CC(=O)O. The van der Waals surface area contributed by atoms with Gasteiger partial charge in [0.15, 0.2) is 5.69 Å². The first-order valence-corrected chi connectivity index (χ1v) is 12.4. The molecule has 1 amide bonds. The van der Waals surface area contributed by atoms with E-state index in [0.29, 0.717) is 25.8 Å². The Kier molecular flexibility index (Phi) is 9.74. The van der Waals surface area contributed by atoms with E-state index in [1.54, 1.807) is 0 Å². The summed E-state index contributed by atoms with van der Waals surface area (Å²) in [5, 5.41) is 22.4. The highest BCUT2D eigenvalue weighted by Gasteiger charge is 2.37. The summed E-state index contributed by atoms with van der Waals surface area (Å²) in [5.41, 5.74) is -1.52. The van der Waals surface area contributed by atoms with Crippen LogP contribution in [0.15, 0.2) is 23.3 Å². The minimum absolute atomic E-state index is 0.0199. The predicted octanol–water partition coefficient (Wildman–Crippen LogP) is 4.16. The number of alkyl halides is 5. The molecule has 14 heteroatoms. The highest BCUT2D eigenvalue weighted by Crippen LogP contribution is 2.34. The Balaban J connectivity index is 1.72. The van der Waals surface area contributed by atoms with Gasteiger partial charge in [-0.1, -0.05) is 12.8 Å². The van der Waals surface area contributed by atoms with Gasteiger partial charge in [0.2, 0.25) is 5.84 Å². The molecule has 1 aromatic heterocycles. The van der Waals surface area contributed by atoms with Gasteiger partial charge in [-0.3, -0.25) is 19.9 Å². The van der Waals surface area contributed by atoms with Crippen LogP contribution in [0.2, 0.25) is 0 Å². The van der Waals surface area contributed by atoms with Gasteiger partial charge in [-0.15, -0.1) is 0 Å². The highest BCUT2D eigenvalue weighted by molar-refractivity contribution is 6.39. The summed E-state index contributed by atoms with van der Waals surface area (Å²) in [6.45, 7) is 0.0974. The number of amidine groups is 2. The average molecular weight is 547 g/mol. The highest BCUT2D eigenvalue weighted by atomic mass is 19.4. The number of carboxylic acid groups (broad SMARTS) is 1. The Labute approximate surface area is 216 Å². The summed E-state index contributed by atoms with van der Waals surface area (Å²) in [6.07, 6.45) is -1.27. The zero-order valence-electron chi connectivity index (χ0n) is 20.7. The van der Waals surface area contributed by atoms with Crippen molar-refractivity contribution in [1.82, 2.24) is 15.2 Å². The number of carbonyl (C=O) groups excluding carboxylic acids is 1. The molecule has 9 nitrogen and oxygen atoms in total. The second kappa shape index (κ2) is 12.6. The fraction of sp³-hybridized carbons (Fsp3) is 0.625. The van der Waals surface area contributed by atoms with E-state index in [4.69, 9.17) is 5.41 Å². The summed E-state index contributed by atoms with van der Waals surface area (Å²) in [5.74, 6) is -6.16. The van der Waals surface area contributed by atoms with Crippen LogP contribution in [0.3, 0.4) is 0 Å². The van der Waals surface area contributed by atoms with Crippen molar-refractivity contribution in [3.05, 3.63) is 24.0 Å². The molecule has 0 bridgehead atoms. The van der Waals surface area contributed by atoms with Crippen molar-refractivity contribution in [3.8, 4) is 0 Å². The average Bonchev–Trinajstić information content (AvgIpc) is 3.36. The lowest BCUT2D eigenvalue weighted by atomic mass is 10.1. The number of aliphatic imine (C=N–C) groups is 1. The number of carbonyl (C=O) groups is 2. The van der Waals surface area contributed by atoms with Gasteiger partial charge in [0.05, 0.1) is 18.7 Å². The summed E-state index contributed by atoms with van der Waals surface area (Å²) in [7, 11) is 0. The molecule has 0 spiro atoms. The van der Waals surface area contributed by atoms with Gasteiger partial charge in [0.25, 0.3) is 11.8 Å². The molecule has 0 unspecified atom stereocenters. The lowest BCUT2D eigenvalue weighted by Crippen LogP contribution is -2.46. The number of pyridine rings is 1. The third-order valence-electron chi connectivity index (χ3n) is 6.55.